The van der Waals surface area contributed by atoms with Gasteiger partial charge in [-0.05, 0) is 32.6 Å². The zero-order valence-corrected chi connectivity index (χ0v) is 11.7. The van der Waals surface area contributed by atoms with Crippen LogP contribution in [0, 0.1) is 0 Å². The number of carbonyl (C=O) groups is 1. The third-order valence-electron chi connectivity index (χ3n) is 2.94. The van der Waals surface area contributed by atoms with Crippen molar-refractivity contribution in [1.29, 1.82) is 0 Å². The Morgan fingerprint density at radius 2 is 2.18 bits per heavy atom. The van der Waals surface area contributed by atoms with Gasteiger partial charge in [-0.15, -0.1) is 0 Å². The summed E-state index contributed by atoms with van der Waals surface area (Å²) in [6.07, 6.45) is 5.54. The third-order valence-corrected chi connectivity index (χ3v) is 3.49. The lowest BCUT2D eigenvalue weighted by Gasteiger charge is -2.28. The van der Waals surface area contributed by atoms with Crippen molar-refractivity contribution in [3.8, 4) is 0 Å². The number of rotatable bonds is 7. The average Bonchev–Trinajstić information content (AvgIpc) is 2.31. The van der Waals surface area contributed by atoms with Crippen molar-refractivity contribution >= 4 is 17.7 Å². The van der Waals surface area contributed by atoms with Gasteiger partial charge in [0, 0.05) is 26.2 Å². The predicted molar refractivity (Wildman–Crippen MR) is 72.5 cm³/mol. The Labute approximate surface area is 108 Å². The van der Waals surface area contributed by atoms with Gasteiger partial charge in [-0.3, -0.25) is 4.79 Å². The van der Waals surface area contributed by atoms with Gasteiger partial charge in [0.1, 0.15) is 0 Å². The molecule has 0 aromatic rings. The summed E-state index contributed by atoms with van der Waals surface area (Å²) in [6.45, 7) is 3.75. The van der Waals surface area contributed by atoms with Crippen molar-refractivity contribution < 1.29 is 9.53 Å². The molecular weight excluding hydrogens is 236 g/mol. The molecule has 1 saturated heterocycles. The summed E-state index contributed by atoms with van der Waals surface area (Å²) in [5, 5.41) is 2.88. The Kier molecular flexibility index (Phi) is 7.64. The Balaban J connectivity index is 1.92. The van der Waals surface area contributed by atoms with Gasteiger partial charge in [0.2, 0.25) is 5.91 Å². The van der Waals surface area contributed by atoms with Gasteiger partial charge in [-0.1, -0.05) is 0 Å². The van der Waals surface area contributed by atoms with E-state index in [1.54, 1.807) is 11.8 Å². The Hall–Kier alpha value is -0.260. The first-order valence-corrected chi connectivity index (χ1v) is 7.67. The van der Waals surface area contributed by atoms with Crippen molar-refractivity contribution in [2.45, 2.75) is 25.4 Å². The summed E-state index contributed by atoms with van der Waals surface area (Å²) in [7, 11) is 2.15. The van der Waals surface area contributed by atoms with Crippen LogP contribution in [0.5, 0.6) is 0 Å². The van der Waals surface area contributed by atoms with Crippen molar-refractivity contribution in [3.63, 3.8) is 0 Å². The van der Waals surface area contributed by atoms with E-state index in [1.165, 1.54) is 0 Å². The van der Waals surface area contributed by atoms with Crippen molar-refractivity contribution in [1.82, 2.24) is 10.2 Å². The molecule has 1 heterocycles. The van der Waals surface area contributed by atoms with Crippen LogP contribution >= 0.6 is 11.8 Å². The summed E-state index contributed by atoms with van der Waals surface area (Å²) in [5.41, 5.74) is 0. The normalized spacial score (nSPS) is 18.2. The largest absolute Gasteiger partial charge is 0.378 e. The summed E-state index contributed by atoms with van der Waals surface area (Å²) >= 11 is 1.55. The van der Waals surface area contributed by atoms with E-state index < -0.39 is 0 Å². The Bertz CT molecular complexity index is 219. The zero-order chi connectivity index (χ0) is 12.5. The van der Waals surface area contributed by atoms with Crippen LogP contribution in [0.3, 0.4) is 0 Å². The third kappa shape index (κ3) is 6.91. The Morgan fingerprint density at radius 1 is 1.47 bits per heavy atom. The van der Waals surface area contributed by atoms with Crippen LogP contribution in [0.2, 0.25) is 0 Å². The van der Waals surface area contributed by atoms with Crippen LogP contribution in [0.25, 0.3) is 0 Å². The van der Waals surface area contributed by atoms with Gasteiger partial charge in [-0.2, -0.15) is 11.8 Å². The van der Waals surface area contributed by atoms with Crippen LogP contribution in [0.4, 0.5) is 0 Å². The number of carbonyl (C=O) groups excluding carboxylic acids is 1. The minimum Gasteiger partial charge on any atom is -0.378 e. The highest BCUT2D eigenvalue weighted by atomic mass is 32.2. The van der Waals surface area contributed by atoms with E-state index in [0.717, 1.165) is 45.5 Å². The molecule has 1 amide bonds. The number of nitrogens with zero attached hydrogens (tertiary/aromatic N) is 1. The van der Waals surface area contributed by atoms with Gasteiger partial charge < -0.3 is 15.0 Å². The molecule has 0 atom stereocenters. The first-order chi connectivity index (χ1) is 8.22. The summed E-state index contributed by atoms with van der Waals surface area (Å²) in [5.74, 6) is 0.673. The molecule has 1 aliphatic rings. The van der Waals surface area contributed by atoms with E-state index in [0.29, 0.717) is 11.9 Å². The van der Waals surface area contributed by atoms with Crippen molar-refractivity contribution in [2.24, 2.45) is 0 Å². The molecule has 0 unspecified atom stereocenters. The quantitative estimate of drug-likeness (QED) is 0.693. The fourth-order valence-corrected chi connectivity index (χ4v) is 2.25. The van der Waals surface area contributed by atoms with E-state index in [1.807, 2.05) is 6.26 Å². The second-order valence-corrected chi connectivity index (χ2v) is 5.38. The van der Waals surface area contributed by atoms with E-state index in [2.05, 4.69) is 17.3 Å². The van der Waals surface area contributed by atoms with E-state index in [9.17, 15) is 4.79 Å². The molecule has 1 aliphatic heterocycles. The number of hydrogen-bond acceptors (Lipinski definition) is 4. The molecule has 0 saturated carbocycles. The lowest BCUT2D eigenvalue weighted by Crippen LogP contribution is -2.34. The van der Waals surface area contributed by atoms with E-state index in [-0.39, 0.29) is 5.91 Å². The lowest BCUT2D eigenvalue weighted by atomic mass is 10.1. The maximum Gasteiger partial charge on any atom is 0.229 e. The molecule has 4 nitrogen and oxygen atoms in total. The SMILES string of the molecule is CSCC(=O)NCCCOC1CCN(C)CC1. The number of ether oxygens (including phenoxy) is 1. The number of nitrogens with one attached hydrogen (secondary N) is 1. The fraction of sp³-hybridized carbons (Fsp3) is 0.917. The highest BCUT2D eigenvalue weighted by Gasteiger charge is 2.16. The molecule has 0 radical (unpaired) electrons. The molecule has 100 valence electrons. The molecule has 0 bridgehead atoms. The zero-order valence-electron chi connectivity index (χ0n) is 10.9. The van der Waals surface area contributed by atoms with Crippen molar-refractivity contribution in [2.75, 3.05) is 45.3 Å². The molecule has 0 aliphatic carbocycles. The fourth-order valence-electron chi connectivity index (χ4n) is 1.88. The molecule has 0 spiro atoms. The minimum absolute atomic E-state index is 0.122. The smallest absolute Gasteiger partial charge is 0.229 e. The van der Waals surface area contributed by atoms with Crippen LogP contribution in [-0.4, -0.2) is 62.2 Å². The molecule has 5 heteroatoms. The van der Waals surface area contributed by atoms with Crippen LogP contribution in [0.15, 0.2) is 0 Å². The number of likely N-dealkylation sites (tertiary alicyclic amines) is 1. The van der Waals surface area contributed by atoms with Crippen LogP contribution in [-0.2, 0) is 9.53 Å². The van der Waals surface area contributed by atoms with Crippen LogP contribution in [0.1, 0.15) is 19.3 Å². The molecule has 1 rings (SSSR count). The summed E-state index contributed by atoms with van der Waals surface area (Å²) in [6, 6.07) is 0. The number of piperidine rings is 1. The first-order valence-electron chi connectivity index (χ1n) is 6.28. The molecule has 17 heavy (non-hydrogen) atoms. The van der Waals surface area contributed by atoms with Crippen molar-refractivity contribution in [3.05, 3.63) is 0 Å². The van der Waals surface area contributed by atoms with E-state index >= 15 is 0 Å². The second-order valence-electron chi connectivity index (χ2n) is 4.51. The van der Waals surface area contributed by atoms with Gasteiger partial charge in [0.25, 0.3) is 0 Å². The van der Waals surface area contributed by atoms with Gasteiger partial charge in [0.05, 0.1) is 11.9 Å². The number of hydrogen-bond donors (Lipinski definition) is 1. The maximum atomic E-state index is 11.2. The van der Waals surface area contributed by atoms with E-state index in [4.69, 9.17) is 4.74 Å². The molecule has 0 aromatic heterocycles. The summed E-state index contributed by atoms with van der Waals surface area (Å²) < 4.78 is 5.79. The standard InChI is InChI=1S/C12H24N2O2S/c1-14-7-4-11(5-8-14)16-9-3-6-13-12(15)10-17-2/h11H,3-10H2,1-2H3,(H,13,15). The van der Waals surface area contributed by atoms with Gasteiger partial charge in [0.15, 0.2) is 0 Å². The number of thioether (sulfide) groups is 1. The maximum absolute atomic E-state index is 11.2. The van der Waals surface area contributed by atoms with Gasteiger partial charge in [-0.25, -0.2) is 0 Å². The monoisotopic (exact) mass is 260 g/mol. The number of amides is 1. The molecular formula is C12H24N2O2S. The molecule has 1 N–H and O–H groups in total. The average molecular weight is 260 g/mol. The summed E-state index contributed by atoms with van der Waals surface area (Å²) in [4.78, 5) is 13.5. The highest BCUT2D eigenvalue weighted by Crippen LogP contribution is 2.11. The van der Waals surface area contributed by atoms with Crippen LogP contribution < -0.4 is 5.32 Å². The molecule has 1 fully saturated rings. The Morgan fingerprint density at radius 3 is 2.82 bits per heavy atom. The topological polar surface area (TPSA) is 41.6 Å². The predicted octanol–water partition coefficient (Wildman–Crippen LogP) is 0.967. The molecule has 0 aromatic carbocycles. The lowest BCUT2D eigenvalue weighted by molar-refractivity contribution is -0.118. The minimum atomic E-state index is 0.122. The first kappa shape index (κ1) is 14.8. The highest BCUT2D eigenvalue weighted by molar-refractivity contribution is 7.99. The second kappa shape index (κ2) is 8.78. The van der Waals surface area contributed by atoms with Gasteiger partial charge >= 0.3 is 0 Å².